The van der Waals surface area contributed by atoms with Gasteiger partial charge in [0.2, 0.25) is 5.91 Å². The van der Waals surface area contributed by atoms with Crippen molar-refractivity contribution in [1.29, 1.82) is 0 Å². The molecular weight excluding hydrogens is 422 g/mol. The minimum atomic E-state index is -0.289. The van der Waals surface area contributed by atoms with E-state index in [9.17, 15) is 9.59 Å². The van der Waals surface area contributed by atoms with E-state index in [4.69, 9.17) is 16.6 Å². The molecule has 1 aliphatic rings. The van der Waals surface area contributed by atoms with Crippen molar-refractivity contribution in [3.05, 3.63) is 69.7 Å². The second-order valence-corrected chi connectivity index (χ2v) is 8.92. The van der Waals surface area contributed by atoms with Gasteiger partial charge in [-0.2, -0.15) is 0 Å². The van der Waals surface area contributed by atoms with Gasteiger partial charge >= 0.3 is 0 Å². The summed E-state index contributed by atoms with van der Waals surface area (Å²) in [6.07, 6.45) is 5.98. The number of carbonyl (C=O) groups excluding carboxylic acids is 1. The van der Waals surface area contributed by atoms with Gasteiger partial charge in [-0.15, -0.1) is 0 Å². The average Bonchev–Trinajstić information content (AvgIpc) is 2.83. The van der Waals surface area contributed by atoms with Crippen LogP contribution in [-0.2, 0) is 4.79 Å². The highest BCUT2D eigenvalue weighted by Gasteiger charge is 2.32. The molecule has 4 rings (SSSR count). The molecule has 32 heavy (non-hydrogen) atoms. The van der Waals surface area contributed by atoms with Gasteiger partial charge in [0, 0.05) is 17.5 Å². The molecule has 0 aliphatic heterocycles. The SMILES string of the molecule is CCC(c1nc2ccccc2c(=O)n1-c1ccc(Cl)cc1)N(CC)C(=O)C1CCCCC1. The van der Waals surface area contributed by atoms with Gasteiger partial charge in [-0.3, -0.25) is 14.2 Å². The highest BCUT2D eigenvalue weighted by molar-refractivity contribution is 6.30. The molecule has 1 heterocycles. The molecular formula is C26H30ClN3O2. The fourth-order valence-electron chi connectivity index (χ4n) is 4.87. The van der Waals surface area contributed by atoms with E-state index in [1.807, 2.05) is 42.2 Å². The lowest BCUT2D eigenvalue weighted by molar-refractivity contribution is -0.139. The number of hydrogen-bond donors (Lipinski definition) is 0. The van der Waals surface area contributed by atoms with Crippen LogP contribution >= 0.6 is 11.6 Å². The largest absolute Gasteiger partial charge is 0.333 e. The summed E-state index contributed by atoms with van der Waals surface area (Å²) in [5.41, 5.74) is 1.22. The summed E-state index contributed by atoms with van der Waals surface area (Å²) in [4.78, 5) is 34.0. The van der Waals surface area contributed by atoms with Gasteiger partial charge < -0.3 is 4.90 Å². The van der Waals surface area contributed by atoms with Crippen molar-refractivity contribution in [3.63, 3.8) is 0 Å². The molecule has 5 nitrogen and oxygen atoms in total. The molecule has 168 valence electrons. The van der Waals surface area contributed by atoms with Gasteiger partial charge in [0.1, 0.15) is 5.82 Å². The number of aromatic nitrogens is 2. The zero-order valence-corrected chi connectivity index (χ0v) is 19.5. The lowest BCUT2D eigenvalue weighted by Crippen LogP contribution is -2.41. The van der Waals surface area contributed by atoms with Gasteiger partial charge in [0.25, 0.3) is 5.56 Å². The van der Waals surface area contributed by atoms with E-state index < -0.39 is 0 Å². The van der Waals surface area contributed by atoms with Crippen molar-refractivity contribution >= 4 is 28.4 Å². The quantitative estimate of drug-likeness (QED) is 0.467. The van der Waals surface area contributed by atoms with Gasteiger partial charge in [-0.1, -0.05) is 49.9 Å². The summed E-state index contributed by atoms with van der Waals surface area (Å²) in [6.45, 7) is 4.64. The van der Waals surface area contributed by atoms with Crippen molar-refractivity contribution in [2.45, 2.75) is 58.4 Å². The van der Waals surface area contributed by atoms with Gasteiger partial charge in [0.05, 0.1) is 22.6 Å². The smallest absolute Gasteiger partial charge is 0.266 e. The zero-order valence-electron chi connectivity index (χ0n) is 18.8. The monoisotopic (exact) mass is 451 g/mol. The third-order valence-electron chi connectivity index (χ3n) is 6.53. The molecule has 0 radical (unpaired) electrons. The number of hydrogen-bond acceptors (Lipinski definition) is 3. The first-order valence-electron chi connectivity index (χ1n) is 11.6. The standard InChI is InChI=1S/C26H30ClN3O2/c1-3-23(29(4-2)25(31)18-10-6-5-7-11-18)24-28-22-13-9-8-12-21(22)26(32)30(24)20-16-14-19(27)15-17-20/h8-9,12-18,23H,3-7,10-11H2,1-2H3. The van der Waals surface area contributed by atoms with Crippen molar-refractivity contribution in [2.75, 3.05) is 6.54 Å². The Bertz CT molecular complexity index is 1150. The number of halogens is 1. The first-order valence-corrected chi connectivity index (χ1v) is 12.0. The Morgan fingerprint density at radius 1 is 1.09 bits per heavy atom. The average molecular weight is 452 g/mol. The van der Waals surface area contributed by atoms with Crippen molar-refractivity contribution in [3.8, 4) is 5.69 Å². The number of amides is 1. The van der Waals surface area contributed by atoms with E-state index in [0.717, 1.165) is 25.7 Å². The maximum Gasteiger partial charge on any atom is 0.266 e. The molecule has 1 atom stereocenters. The highest BCUT2D eigenvalue weighted by atomic mass is 35.5. The van der Waals surface area contributed by atoms with E-state index >= 15 is 0 Å². The number of carbonyl (C=O) groups is 1. The molecule has 0 N–H and O–H groups in total. The summed E-state index contributed by atoms with van der Waals surface area (Å²) in [6, 6.07) is 14.3. The minimum absolute atomic E-state index is 0.0638. The third kappa shape index (κ3) is 4.31. The summed E-state index contributed by atoms with van der Waals surface area (Å²) < 4.78 is 1.66. The van der Waals surface area contributed by atoms with Crippen LogP contribution in [0.4, 0.5) is 0 Å². The van der Waals surface area contributed by atoms with Crippen LogP contribution in [0.15, 0.2) is 53.3 Å². The van der Waals surface area contributed by atoms with Gasteiger partial charge in [-0.25, -0.2) is 4.98 Å². The lowest BCUT2D eigenvalue weighted by atomic mass is 9.87. The molecule has 2 aromatic carbocycles. The van der Waals surface area contributed by atoms with Crippen LogP contribution in [0, 0.1) is 5.92 Å². The van der Waals surface area contributed by atoms with Crippen LogP contribution in [0.2, 0.25) is 5.02 Å². The fourth-order valence-corrected chi connectivity index (χ4v) is 5.00. The summed E-state index contributed by atoms with van der Waals surface area (Å²) >= 11 is 6.11. The summed E-state index contributed by atoms with van der Waals surface area (Å²) in [7, 11) is 0. The van der Waals surface area contributed by atoms with Crippen molar-refractivity contribution in [2.24, 2.45) is 5.92 Å². The maximum atomic E-state index is 13.6. The number of fused-ring (bicyclic) bond motifs is 1. The number of rotatable bonds is 6. The molecule has 0 bridgehead atoms. The van der Waals surface area contributed by atoms with Crippen LogP contribution in [-0.4, -0.2) is 26.9 Å². The lowest BCUT2D eigenvalue weighted by Gasteiger charge is -2.35. The molecule has 1 unspecified atom stereocenters. The molecule has 1 amide bonds. The molecule has 3 aromatic rings. The Labute approximate surface area is 194 Å². The number of benzene rings is 2. The first-order chi connectivity index (χ1) is 15.5. The first kappa shape index (κ1) is 22.5. The second-order valence-electron chi connectivity index (χ2n) is 8.49. The fraction of sp³-hybridized carbons (Fsp3) is 0.423. The Hall–Kier alpha value is -2.66. The van der Waals surface area contributed by atoms with Crippen LogP contribution < -0.4 is 5.56 Å². The van der Waals surface area contributed by atoms with Gasteiger partial charge in [0.15, 0.2) is 0 Å². The minimum Gasteiger partial charge on any atom is -0.333 e. The van der Waals surface area contributed by atoms with E-state index in [2.05, 4.69) is 6.92 Å². The molecule has 6 heteroatoms. The maximum absolute atomic E-state index is 13.6. The Morgan fingerprint density at radius 3 is 2.44 bits per heavy atom. The predicted octanol–water partition coefficient (Wildman–Crippen LogP) is 5.92. The van der Waals surface area contributed by atoms with E-state index in [-0.39, 0.29) is 23.4 Å². The van der Waals surface area contributed by atoms with Crippen LogP contribution in [0.1, 0.15) is 64.2 Å². The molecule has 1 aliphatic carbocycles. The molecule has 0 saturated heterocycles. The second kappa shape index (κ2) is 9.86. The van der Waals surface area contributed by atoms with Crippen molar-refractivity contribution < 1.29 is 4.79 Å². The van der Waals surface area contributed by atoms with Crippen LogP contribution in [0.5, 0.6) is 0 Å². The van der Waals surface area contributed by atoms with Crippen LogP contribution in [0.3, 0.4) is 0 Å². The Balaban J connectivity index is 1.88. The number of nitrogens with zero attached hydrogens (tertiary/aromatic N) is 3. The molecule has 0 spiro atoms. The Morgan fingerprint density at radius 2 is 1.78 bits per heavy atom. The van der Waals surface area contributed by atoms with Crippen LogP contribution in [0.25, 0.3) is 16.6 Å². The third-order valence-corrected chi connectivity index (χ3v) is 6.78. The Kier molecular flexibility index (Phi) is 6.95. The molecule has 1 aromatic heterocycles. The topological polar surface area (TPSA) is 55.2 Å². The van der Waals surface area contributed by atoms with Crippen molar-refractivity contribution in [1.82, 2.24) is 14.5 Å². The van der Waals surface area contributed by atoms with Gasteiger partial charge in [-0.05, 0) is 62.6 Å². The summed E-state index contributed by atoms with van der Waals surface area (Å²) in [5.74, 6) is 0.850. The van der Waals surface area contributed by atoms with E-state index in [0.29, 0.717) is 40.4 Å². The predicted molar refractivity (Wildman–Crippen MR) is 129 cm³/mol. The zero-order chi connectivity index (χ0) is 22.7. The van der Waals surface area contributed by atoms with E-state index in [1.54, 1.807) is 22.8 Å². The highest BCUT2D eigenvalue weighted by Crippen LogP contribution is 2.31. The summed E-state index contributed by atoms with van der Waals surface area (Å²) in [5, 5.41) is 1.16. The van der Waals surface area contributed by atoms with E-state index in [1.165, 1.54) is 6.42 Å². The number of para-hydroxylation sites is 1. The molecule has 1 fully saturated rings. The molecule has 1 saturated carbocycles. The normalized spacial score (nSPS) is 15.6.